The number of benzene rings is 2. The summed E-state index contributed by atoms with van der Waals surface area (Å²) in [4.78, 5) is 127. The number of nitrogens with one attached hydrogen (secondary N) is 5. The number of nitrogens with two attached hydrogens (primary N) is 1. The average molecular weight is 1330 g/mol. The molecule has 4 heterocycles. The van der Waals surface area contributed by atoms with E-state index < -0.39 is 108 Å². The first-order valence-electron chi connectivity index (χ1n) is 29.6. The highest BCUT2D eigenvalue weighted by molar-refractivity contribution is 9.09. The van der Waals surface area contributed by atoms with Gasteiger partial charge in [0.25, 0.3) is 5.91 Å². The monoisotopic (exact) mass is 1320 g/mol. The number of carbonyl (C=O) groups excluding carboxylic acids is 9. The van der Waals surface area contributed by atoms with Gasteiger partial charge in [0.15, 0.2) is 5.72 Å². The number of allylic oxidation sites excluding steroid dienone is 3. The number of urea groups is 1. The van der Waals surface area contributed by atoms with Crippen LogP contribution in [0.5, 0.6) is 5.75 Å². The highest BCUT2D eigenvalue weighted by Gasteiger charge is 2.64. The number of fused-ring (bicyclic) bond motifs is 6. The van der Waals surface area contributed by atoms with Gasteiger partial charge in [-0.3, -0.25) is 34.1 Å². The van der Waals surface area contributed by atoms with Gasteiger partial charge >= 0.3 is 24.1 Å². The van der Waals surface area contributed by atoms with Crippen molar-refractivity contribution < 1.29 is 76.7 Å². The maximum absolute atomic E-state index is 14.5. The van der Waals surface area contributed by atoms with E-state index in [2.05, 4.69) is 47.5 Å². The molecular weight excluding hydrogens is 1240 g/mol. The van der Waals surface area contributed by atoms with Crippen LogP contribution >= 0.6 is 27.5 Å². The summed E-state index contributed by atoms with van der Waals surface area (Å²) in [6, 6.07) is 7.11. The van der Waals surface area contributed by atoms with Gasteiger partial charge in [-0.25, -0.2) is 19.4 Å². The lowest BCUT2D eigenvalue weighted by molar-refractivity contribution is -0.158. The number of epoxide rings is 1. The van der Waals surface area contributed by atoms with Crippen molar-refractivity contribution in [2.75, 3.05) is 57.0 Å². The molecule has 6 rings (SSSR count). The molecule has 3 aromatic rings. The molecule has 0 aliphatic carbocycles. The summed E-state index contributed by atoms with van der Waals surface area (Å²) in [5, 5.41) is 26.3. The summed E-state index contributed by atoms with van der Waals surface area (Å²) in [5.41, 5.74) is 4.47. The fraction of sp³-hybridized carbons (Fsp3) is 0.548. The number of rotatable bonds is 24. The van der Waals surface area contributed by atoms with E-state index in [4.69, 9.17) is 45.8 Å². The fourth-order valence-corrected chi connectivity index (χ4v) is 11.3. The summed E-state index contributed by atoms with van der Waals surface area (Å²) in [5.74, 6) is -4.47. The Labute approximate surface area is 531 Å². The van der Waals surface area contributed by atoms with Gasteiger partial charge in [0.05, 0.1) is 43.9 Å². The van der Waals surface area contributed by atoms with E-state index >= 15 is 0 Å². The largest absolute Gasteiger partial charge is 0.495 e. The molecule has 2 aromatic carbocycles. The van der Waals surface area contributed by atoms with Gasteiger partial charge in [-0.05, 0) is 113 Å². The topological polar surface area (TPSA) is 338 Å². The van der Waals surface area contributed by atoms with Crippen molar-refractivity contribution in [3.05, 3.63) is 82.4 Å². The Bertz CT molecular complexity index is 3170. The van der Waals surface area contributed by atoms with Crippen LogP contribution in [0, 0.1) is 11.8 Å². The quantitative estimate of drug-likeness (QED) is 0.0171. The number of aromatic nitrogens is 1. The van der Waals surface area contributed by atoms with Gasteiger partial charge in [0, 0.05) is 62.8 Å². The second-order valence-corrected chi connectivity index (χ2v) is 24.3. The zero-order chi connectivity index (χ0) is 65.5. The number of likely N-dealkylation sites (N-methyl/N-ethyl adjacent to an activating group) is 1. The van der Waals surface area contributed by atoms with Crippen molar-refractivity contribution in [3.8, 4) is 5.75 Å². The summed E-state index contributed by atoms with van der Waals surface area (Å²) < 4.78 is 34.8. The molecule has 0 saturated carbocycles. The van der Waals surface area contributed by atoms with Crippen LogP contribution in [0.15, 0.2) is 66.3 Å². The van der Waals surface area contributed by atoms with Crippen LogP contribution in [-0.2, 0) is 58.9 Å². The van der Waals surface area contributed by atoms with Crippen LogP contribution in [0.2, 0.25) is 5.02 Å². The smallest absolute Gasteiger partial charge is 0.409 e. The van der Waals surface area contributed by atoms with E-state index in [0.29, 0.717) is 53.4 Å². The number of esters is 2. The van der Waals surface area contributed by atoms with Gasteiger partial charge < -0.3 is 70.3 Å². The number of unbranched alkanes of at least 4 members (excludes halogenated alkanes) is 2. The second-order valence-electron chi connectivity index (χ2n) is 23.2. The Balaban J connectivity index is 1.16. The van der Waals surface area contributed by atoms with Crippen LogP contribution < -0.4 is 42.0 Å². The second kappa shape index (κ2) is 31.9. The maximum Gasteiger partial charge on any atom is 0.409 e. The average Bonchev–Trinajstić information content (AvgIpc) is 1.89. The number of alkyl carbamates (subject to hydrolysis) is 1. The third kappa shape index (κ3) is 18.8. The minimum absolute atomic E-state index is 0.0636. The highest BCUT2D eigenvalue weighted by atomic mass is 79.9. The number of anilines is 2. The van der Waals surface area contributed by atoms with Crippen molar-refractivity contribution >= 4 is 104 Å². The van der Waals surface area contributed by atoms with Gasteiger partial charge in [-0.2, -0.15) is 0 Å². The lowest BCUT2D eigenvalue weighted by Crippen LogP contribution is -2.63. The lowest BCUT2D eigenvalue weighted by Gasteiger charge is -2.42. The summed E-state index contributed by atoms with van der Waals surface area (Å²) >= 11 is 10.1. The standard InChI is InChI=1S/C62H83BrClN9O16/c1-34(2)53(70-49(74)19-12-11-13-27-86-51(76)24-25-63)56(78)68-42(17-15-26-66-59(65)81)55(77)69-48-23-21-39-31-40(20-22-41(39)67-48)57(79)72(7)37(5)58(80)88-47-32-50(75)73(8)43-29-38(30-44(84-9)52(43)64)28-35(3)16-14-18-46(85-10)62(83)33-45(87-60(82)71-62)36(4)54-61(47,6)89-54/h14,16,18,20-23,29-31,34,36-37,42,45-47,53-54,83H,11-13,15,17,19,24-28,32-33H2,1-10H3,(H,68,78)(H,70,74)(H,71,82)(H3,65,66,81)(H,67,69,77)/b18-14+,35-16+/t36-,37+,42+,45+,46-,47+,53+,54+,61+,62+/m1/s1. The number of hydrogen-bond acceptors (Lipinski definition) is 17. The van der Waals surface area contributed by atoms with E-state index in [1.165, 1.54) is 57.2 Å². The summed E-state index contributed by atoms with van der Waals surface area (Å²) in [7, 11) is 5.82. The third-order valence-corrected chi connectivity index (χ3v) is 16.9. The number of aliphatic hydroxyl groups is 1. The number of hydrogen-bond donors (Lipinski definition) is 7. The normalized spacial score (nSPS) is 23.8. The van der Waals surface area contributed by atoms with Crippen LogP contribution in [-0.4, -0.2) is 169 Å². The van der Waals surface area contributed by atoms with Crippen LogP contribution in [0.4, 0.5) is 21.1 Å². The van der Waals surface area contributed by atoms with E-state index in [0.717, 1.165) is 11.1 Å². The molecule has 4 bridgehead atoms. The van der Waals surface area contributed by atoms with Gasteiger partial charge in [0.2, 0.25) is 23.6 Å². The van der Waals surface area contributed by atoms with E-state index in [-0.39, 0.29) is 79.5 Å². The first kappa shape index (κ1) is 70.7. The predicted octanol–water partition coefficient (Wildman–Crippen LogP) is 6.28. The zero-order valence-corrected chi connectivity index (χ0v) is 54.2. The molecule has 2 saturated heterocycles. The number of nitrogens with zero attached hydrogens (tertiary/aromatic N) is 3. The first-order chi connectivity index (χ1) is 42.1. The first-order valence-corrected chi connectivity index (χ1v) is 31.1. The number of carbonyl (C=O) groups is 9. The Morgan fingerprint density at radius 2 is 1.74 bits per heavy atom. The Morgan fingerprint density at radius 3 is 2.43 bits per heavy atom. The molecule has 486 valence electrons. The molecule has 0 unspecified atom stereocenters. The van der Waals surface area contributed by atoms with Crippen molar-refractivity contribution in [1.82, 2.24) is 31.2 Å². The van der Waals surface area contributed by atoms with Crippen LogP contribution in [0.25, 0.3) is 10.9 Å². The number of primary amides is 1. The summed E-state index contributed by atoms with van der Waals surface area (Å²) in [6.45, 7) is 10.6. The van der Waals surface area contributed by atoms with Gasteiger partial charge in [-0.15, -0.1) is 0 Å². The molecule has 1 aromatic heterocycles. The van der Waals surface area contributed by atoms with Crippen molar-refractivity contribution in [3.63, 3.8) is 0 Å². The molecular formula is C62H83BrClN9O16. The van der Waals surface area contributed by atoms with E-state index in [1.54, 1.807) is 70.2 Å². The zero-order valence-electron chi connectivity index (χ0n) is 51.9. The van der Waals surface area contributed by atoms with Crippen molar-refractivity contribution in [1.29, 1.82) is 0 Å². The number of halogens is 2. The Hall–Kier alpha value is -7.39. The Morgan fingerprint density at radius 1 is 1.00 bits per heavy atom. The predicted molar refractivity (Wildman–Crippen MR) is 334 cm³/mol. The number of methoxy groups -OCH3 is 2. The van der Waals surface area contributed by atoms with Gasteiger partial charge in [-0.1, -0.05) is 72.1 Å². The van der Waals surface area contributed by atoms with Crippen molar-refractivity contribution in [2.45, 2.75) is 160 Å². The fourth-order valence-electron chi connectivity index (χ4n) is 10.7. The number of ether oxygens (including phenoxy) is 6. The minimum Gasteiger partial charge on any atom is -0.495 e. The molecule has 10 atom stereocenters. The molecule has 8 N–H and O–H groups in total. The lowest BCUT2D eigenvalue weighted by atomic mass is 9.83. The Kier molecular flexibility index (Phi) is 25.3. The molecule has 0 spiro atoms. The number of amides is 8. The molecule has 89 heavy (non-hydrogen) atoms. The number of alkyl halides is 1. The minimum atomic E-state index is -1.91. The number of pyridine rings is 1. The molecule has 0 radical (unpaired) electrons. The summed E-state index contributed by atoms with van der Waals surface area (Å²) in [6.07, 6.45) is 2.48. The van der Waals surface area contributed by atoms with E-state index in [9.17, 15) is 48.3 Å². The molecule has 3 aliphatic rings. The van der Waals surface area contributed by atoms with Crippen LogP contribution in [0.3, 0.4) is 0 Å². The molecule has 3 aliphatic heterocycles. The molecule has 8 amide bonds. The molecule has 25 nitrogen and oxygen atoms in total. The van der Waals surface area contributed by atoms with Crippen molar-refractivity contribution in [2.24, 2.45) is 17.6 Å². The maximum atomic E-state index is 14.5. The van der Waals surface area contributed by atoms with Crippen LogP contribution in [0.1, 0.15) is 115 Å². The van der Waals surface area contributed by atoms with E-state index in [1.807, 2.05) is 13.0 Å². The third-order valence-electron chi connectivity index (χ3n) is 16.1. The molecule has 2 fully saturated rings. The SMILES string of the molecule is COc1cc2cc(c1Cl)N(C)C(=O)C[C@H](OC(=O)[C@H](C)N(C)C(=O)c1ccc3nc(NC(=O)[C@H](CCCNC(N)=O)NC(=O)[C@@H](NC(=O)CCCCCOC(=O)CCBr)C(C)C)ccc3c1)[C@]1(C)O[C@H]1[C@H](C)[C@@H]1C[C@@](O)(NC(=O)O1)[C@H](OC)/C=C/C=C(\C)C2. The highest BCUT2D eigenvalue weighted by Crippen LogP contribution is 2.49. The van der Waals surface area contributed by atoms with Gasteiger partial charge in [0.1, 0.15) is 58.6 Å². The molecule has 27 heteroatoms.